The molecule has 2 N–H and O–H groups in total. The molecule has 2 rings (SSSR count). The average molecular weight is 186 g/mol. The molecule has 0 aromatic heterocycles. The summed E-state index contributed by atoms with van der Waals surface area (Å²) in [4.78, 5) is 0. The van der Waals surface area contributed by atoms with Crippen LogP contribution in [0.2, 0.25) is 0 Å². The number of fused-ring (bicyclic) bond motifs is 1. The lowest BCUT2D eigenvalue weighted by Crippen LogP contribution is -2.30. The van der Waals surface area contributed by atoms with E-state index in [-0.39, 0.29) is 0 Å². The van der Waals surface area contributed by atoms with E-state index in [1.54, 1.807) is 6.07 Å². The molecule has 0 fully saturated rings. The van der Waals surface area contributed by atoms with Gasteiger partial charge in [-0.05, 0) is 23.2 Å². The Balaban J connectivity index is 2.80. The molecule has 0 saturated carbocycles. The lowest BCUT2D eigenvalue weighted by atomic mass is 9.76. The summed E-state index contributed by atoms with van der Waals surface area (Å²) in [5.41, 5.74) is 1.60. The molecule has 0 spiro atoms. The number of aryl methyl sites for hydroxylation is 1. The Morgan fingerprint density at radius 1 is 1.07 bits per heavy atom. The maximum Gasteiger partial charge on any atom is 0.489 e. The van der Waals surface area contributed by atoms with Gasteiger partial charge in [-0.2, -0.15) is 0 Å². The lowest BCUT2D eigenvalue weighted by Gasteiger charge is -2.06. The fourth-order valence-corrected chi connectivity index (χ4v) is 1.71. The first-order chi connectivity index (χ1) is 6.68. The maximum atomic E-state index is 9.20. The largest absolute Gasteiger partial charge is 0.489 e. The Morgan fingerprint density at radius 3 is 2.50 bits per heavy atom. The van der Waals surface area contributed by atoms with Crippen molar-refractivity contribution in [3.63, 3.8) is 0 Å². The second kappa shape index (κ2) is 3.44. The first kappa shape index (κ1) is 9.25. The highest BCUT2D eigenvalue weighted by Gasteiger charge is 2.14. The molecule has 0 unspecified atom stereocenters. The monoisotopic (exact) mass is 186 g/mol. The molecule has 3 heteroatoms. The molecule has 2 aromatic rings. The van der Waals surface area contributed by atoms with Crippen molar-refractivity contribution in [1.29, 1.82) is 0 Å². The zero-order valence-corrected chi connectivity index (χ0v) is 7.94. The predicted molar refractivity (Wildman–Crippen MR) is 58.5 cm³/mol. The molecule has 2 nitrogen and oxygen atoms in total. The number of rotatable bonds is 1. The van der Waals surface area contributed by atoms with E-state index in [0.29, 0.717) is 5.46 Å². The lowest BCUT2D eigenvalue weighted by molar-refractivity contribution is 0.426. The van der Waals surface area contributed by atoms with Gasteiger partial charge in [-0.25, -0.2) is 0 Å². The summed E-state index contributed by atoms with van der Waals surface area (Å²) in [5.74, 6) is 0. The molecule has 0 aliphatic rings. The van der Waals surface area contributed by atoms with Crippen molar-refractivity contribution in [2.45, 2.75) is 6.92 Å². The van der Waals surface area contributed by atoms with E-state index in [0.717, 1.165) is 16.3 Å². The zero-order valence-electron chi connectivity index (χ0n) is 7.94. The minimum atomic E-state index is -1.40. The van der Waals surface area contributed by atoms with E-state index in [4.69, 9.17) is 0 Å². The Hall–Kier alpha value is -1.32. The number of benzene rings is 2. The van der Waals surface area contributed by atoms with Gasteiger partial charge in [0, 0.05) is 0 Å². The molecule has 2 aromatic carbocycles. The Labute approximate surface area is 83.0 Å². The summed E-state index contributed by atoms with van der Waals surface area (Å²) < 4.78 is 0. The van der Waals surface area contributed by atoms with Crippen LogP contribution in [0.25, 0.3) is 10.8 Å². The quantitative estimate of drug-likeness (QED) is 0.647. The van der Waals surface area contributed by atoms with Gasteiger partial charge >= 0.3 is 7.12 Å². The van der Waals surface area contributed by atoms with Crippen molar-refractivity contribution in [3.8, 4) is 0 Å². The van der Waals surface area contributed by atoms with Crippen LogP contribution in [0.1, 0.15) is 5.56 Å². The highest BCUT2D eigenvalue weighted by atomic mass is 16.4. The smallest absolute Gasteiger partial charge is 0.423 e. The van der Waals surface area contributed by atoms with Gasteiger partial charge in [0.2, 0.25) is 0 Å². The van der Waals surface area contributed by atoms with Crippen LogP contribution in [0.3, 0.4) is 0 Å². The SMILES string of the molecule is Cc1cc(B(O)O)c2ccccc2c1. The first-order valence-electron chi connectivity index (χ1n) is 4.54. The first-order valence-corrected chi connectivity index (χ1v) is 4.54. The van der Waals surface area contributed by atoms with Gasteiger partial charge in [-0.15, -0.1) is 0 Å². The molecular formula is C11H11BO2. The number of hydrogen-bond acceptors (Lipinski definition) is 2. The van der Waals surface area contributed by atoms with Crippen LogP contribution in [0.5, 0.6) is 0 Å². The van der Waals surface area contributed by atoms with Crippen molar-refractivity contribution in [2.24, 2.45) is 0 Å². The molecular weight excluding hydrogens is 175 g/mol. The second-order valence-electron chi connectivity index (χ2n) is 3.45. The van der Waals surface area contributed by atoms with E-state index in [1.807, 2.05) is 37.3 Å². The summed E-state index contributed by atoms with van der Waals surface area (Å²) in [6.07, 6.45) is 0. The summed E-state index contributed by atoms with van der Waals surface area (Å²) in [6.45, 7) is 1.94. The van der Waals surface area contributed by atoms with Crippen molar-refractivity contribution in [3.05, 3.63) is 42.0 Å². The van der Waals surface area contributed by atoms with Crippen molar-refractivity contribution in [1.82, 2.24) is 0 Å². The van der Waals surface area contributed by atoms with Crippen LogP contribution < -0.4 is 5.46 Å². The highest BCUT2D eigenvalue weighted by molar-refractivity contribution is 6.62. The normalized spacial score (nSPS) is 10.5. The van der Waals surface area contributed by atoms with Gasteiger partial charge in [0.25, 0.3) is 0 Å². The zero-order chi connectivity index (χ0) is 10.1. The third-order valence-electron chi connectivity index (χ3n) is 2.32. The van der Waals surface area contributed by atoms with Gasteiger partial charge in [0.1, 0.15) is 0 Å². The summed E-state index contributed by atoms with van der Waals surface area (Å²) in [5, 5.41) is 20.3. The molecule has 0 saturated heterocycles. The van der Waals surface area contributed by atoms with Crippen molar-refractivity contribution >= 4 is 23.4 Å². The van der Waals surface area contributed by atoms with Gasteiger partial charge < -0.3 is 10.0 Å². The van der Waals surface area contributed by atoms with Crippen molar-refractivity contribution < 1.29 is 10.0 Å². The molecule has 70 valence electrons. The molecule has 0 bridgehead atoms. The van der Waals surface area contributed by atoms with Crippen LogP contribution in [0.15, 0.2) is 36.4 Å². The van der Waals surface area contributed by atoms with Gasteiger partial charge in [0.15, 0.2) is 0 Å². The fraction of sp³-hybridized carbons (Fsp3) is 0.0909. The maximum absolute atomic E-state index is 9.20. The summed E-state index contributed by atoms with van der Waals surface area (Å²) in [7, 11) is -1.40. The Kier molecular flexibility index (Phi) is 2.27. The van der Waals surface area contributed by atoms with Crippen molar-refractivity contribution in [2.75, 3.05) is 0 Å². The van der Waals surface area contributed by atoms with E-state index < -0.39 is 7.12 Å². The third kappa shape index (κ3) is 1.52. The van der Waals surface area contributed by atoms with E-state index in [2.05, 4.69) is 0 Å². The Morgan fingerprint density at radius 2 is 1.79 bits per heavy atom. The molecule has 0 radical (unpaired) electrons. The fourth-order valence-electron chi connectivity index (χ4n) is 1.71. The number of hydrogen-bond donors (Lipinski definition) is 2. The minimum absolute atomic E-state index is 0.570. The summed E-state index contributed by atoms with van der Waals surface area (Å²) in [6, 6.07) is 11.5. The molecule has 0 aliphatic heterocycles. The molecule has 0 aliphatic carbocycles. The highest BCUT2D eigenvalue weighted by Crippen LogP contribution is 2.13. The van der Waals surface area contributed by atoms with Crippen LogP contribution in [-0.2, 0) is 0 Å². The minimum Gasteiger partial charge on any atom is -0.423 e. The molecule has 14 heavy (non-hydrogen) atoms. The van der Waals surface area contributed by atoms with Gasteiger partial charge in [-0.1, -0.05) is 42.0 Å². The van der Waals surface area contributed by atoms with Crippen LogP contribution in [-0.4, -0.2) is 17.2 Å². The predicted octanol–water partition coefficient (Wildman–Crippen LogP) is 0.828. The van der Waals surface area contributed by atoms with E-state index >= 15 is 0 Å². The standard InChI is InChI=1S/C11H11BO2/c1-8-6-9-4-2-3-5-10(9)11(7-8)12(13)14/h2-7,13-14H,1H3. The second-order valence-corrected chi connectivity index (χ2v) is 3.45. The van der Waals surface area contributed by atoms with Gasteiger partial charge in [0.05, 0.1) is 0 Å². The Bertz CT molecular complexity index is 466. The van der Waals surface area contributed by atoms with E-state index in [1.165, 1.54) is 0 Å². The van der Waals surface area contributed by atoms with Crippen LogP contribution in [0.4, 0.5) is 0 Å². The third-order valence-corrected chi connectivity index (χ3v) is 2.32. The van der Waals surface area contributed by atoms with Gasteiger partial charge in [-0.3, -0.25) is 0 Å². The topological polar surface area (TPSA) is 40.5 Å². The molecule has 0 atom stereocenters. The van der Waals surface area contributed by atoms with Crippen LogP contribution >= 0.6 is 0 Å². The average Bonchev–Trinajstić information content (AvgIpc) is 2.16. The summed E-state index contributed by atoms with van der Waals surface area (Å²) >= 11 is 0. The van der Waals surface area contributed by atoms with Crippen LogP contribution in [0, 0.1) is 6.92 Å². The molecule has 0 heterocycles. The molecule has 0 amide bonds. The van der Waals surface area contributed by atoms with E-state index in [9.17, 15) is 10.0 Å².